The lowest BCUT2D eigenvalue weighted by Crippen LogP contribution is -2.50. The average Bonchev–Trinajstić information content (AvgIpc) is 3.63. The number of benzene rings is 2. The predicted molar refractivity (Wildman–Crippen MR) is 159 cm³/mol. The first-order chi connectivity index (χ1) is 21.2. The van der Waals surface area contributed by atoms with E-state index in [-0.39, 0.29) is 5.71 Å². The van der Waals surface area contributed by atoms with Crippen LogP contribution < -0.4 is 10.6 Å². The summed E-state index contributed by atoms with van der Waals surface area (Å²) in [5, 5.41) is 5.46. The number of anilines is 1. The zero-order valence-corrected chi connectivity index (χ0v) is 26.3. The monoisotopic (exact) mass is 673 g/mol. The van der Waals surface area contributed by atoms with Crippen molar-refractivity contribution >= 4 is 40.8 Å². The molecule has 1 aliphatic carbocycles. The molecule has 0 radical (unpaired) electrons. The Morgan fingerprint density at radius 2 is 1.76 bits per heavy atom. The SMILES string of the molecule is CCc1cccc2c1NC(=O)C(NC(=O)C1([C@H](CCC(F)(F)F)C(=O)OC(C)(C)C)CC1CC(F)(F)F)N=C2c1cccc(Cl)c1. The predicted octanol–water partition coefficient (Wildman–Crippen LogP) is 7.39. The van der Waals surface area contributed by atoms with Crippen LogP contribution in [0.4, 0.5) is 32.0 Å². The number of esters is 1. The number of nitrogens with one attached hydrogen (secondary N) is 2. The van der Waals surface area contributed by atoms with Gasteiger partial charge in [0.15, 0.2) is 0 Å². The summed E-state index contributed by atoms with van der Waals surface area (Å²) >= 11 is 6.23. The number of benzodiazepines with no additional fused rings is 1. The first-order valence-corrected chi connectivity index (χ1v) is 15.1. The fraction of sp³-hybridized carbons (Fsp3) is 0.500. The lowest BCUT2D eigenvalue weighted by Gasteiger charge is -2.31. The van der Waals surface area contributed by atoms with Crippen LogP contribution in [-0.2, 0) is 25.5 Å². The number of para-hydroxylation sites is 1. The molecule has 14 heteroatoms. The van der Waals surface area contributed by atoms with Gasteiger partial charge in [0, 0.05) is 29.0 Å². The average molecular weight is 674 g/mol. The summed E-state index contributed by atoms with van der Waals surface area (Å²) in [5.41, 5.74) is -1.13. The summed E-state index contributed by atoms with van der Waals surface area (Å²) < 4.78 is 86.3. The highest BCUT2D eigenvalue weighted by Crippen LogP contribution is 2.63. The Morgan fingerprint density at radius 3 is 2.35 bits per heavy atom. The Bertz CT molecular complexity index is 1530. The number of hydrogen-bond acceptors (Lipinski definition) is 5. The van der Waals surface area contributed by atoms with Gasteiger partial charge in [-0.2, -0.15) is 26.3 Å². The van der Waals surface area contributed by atoms with E-state index in [1.165, 1.54) is 20.8 Å². The van der Waals surface area contributed by atoms with E-state index in [0.717, 1.165) is 5.56 Å². The zero-order valence-electron chi connectivity index (χ0n) is 25.5. The first kappa shape index (κ1) is 35.2. The van der Waals surface area contributed by atoms with E-state index in [0.29, 0.717) is 28.3 Å². The molecule has 2 aromatic rings. The number of halogens is 7. The molecule has 4 atom stereocenters. The number of aliphatic imine (C=N–C) groups is 1. The van der Waals surface area contributed by atoms with E-state index in [4.69, 9.17) is 16.3 Å². The van der Waals surface area contributed by atoms with Gasteiger partial charge in [-0.05, 0) is 63.6 Å². The number of ether oxygens (including phenoxy) is 1. The molecule has 1 aliphatic heterocycles. The van der Waals surface area contributed by atoms with E-state index in [1.54, 1.807) is 42.5 Å². The van der Waals surface area contributed by atoms with Crippen LogP contribution in [0.5, 0.6) is 0 Å². The number of carbonyl (C=O) groups is 3. The van der Waals surface area contributed by atoms with E-state index >= 15 is 0 Å². The number of nitrogens with zero attached hydrogens (tertiary/aromatic N) is 1. The molecule has 46 heavy (non-hydrogen) atoms. The second-order valence-electron chi connectivity index (χ2n) is 12.5. The van der Waals surface area contributed by atoms with Gasteiger partial charge in [-0.25, -0.2) is 4.99 Å². The van der Waals surface area contributed by atoms with Crippen LogP contribution in [0.1, 0.15) is 70.1 Å². The molecule has 2 N–H and O–H groups in total. The number of amides is 2. The van der Waals surface area contributed by atoms with Crippen molar-refractivity contribution in [1.82, 2.24) is 5.32 Å². The maximum absolute atomic E-state index is 14.0. The Labute approximate surface area is 267 Å². The summed E-state index contributed by atoms with van der Waals surface area (Å²) in [6, 6.07) is 11.7. The lowest BCUT2D eigenvalue weighted by atomic mass is 9.81. The summed E-state index contributed by atoms with van der Waals surface area (Å²) in [7, 11) is 0. The molecule has 1 fully saturated rings. The molecule has 2 aliphatic rings. The van der Waals surface area contributed by atoms with Crippen LogP contribution in [-0.4, -0.2) is 47.6 Å². The Kier molecular flexibility index (Phi) is 9.87. The van der Waals surface area contributed by atoms with Gasteiger partial charge in [0.25, 0.3) is 5.91 Å². The molecule has 4 rings (SSSR count). The number of hydrogen-bond donors (Lipinski definition) is 2. The molecule has 1 saturated carbocycles. The summed E-state index contributed by atoms with van der Waals surface area (Å²) in [6.45, 7) is 6.20. The Hall–Kier alpha value is -3.61. The molecule has 250 valence electrons. The third kappa shape index (κ3) is 8.21. The molecule has 3 unspecified atom stereocenters. The fourth-order valence-corrected chi connectivity index (χ4v) is 6.11. The molecule has 0 spiro atoms. The summed E-state index contributed by atoms with van der Waals surface area (Å²) in [6.07, 6.45) is -15.4. The van der Waals surface area contributed by atoms with Crippen LogP contribution in [0.2, 0.25) is 5.02 Å². The maximum atomic E-state index is 14.0. The Morgan fingerprint density at radius 1 is 1.09 bits per heavy atom. The smallest absolute Gasteiger partial charge is 0.389 e. The zero-order chi connectivity index (χ0) is 34.2. The number of alkyl halides is 6. The van der Waals surface area contributed by atoms with Gasteiger partial charge >= 0.3 is 18.3 Å². The minimum atomic E-state index is -4.79. The minimum absolute atomic E-state index is 0.230. The first-order valence-electron chi connectivity index (χ1n) is 14.7. The van der Waals surface area contributed by atoms with Crippen molar-refractivity contribution < 1.29 is 45.5 Å². The minimum Gasteiger partial charge on any atom is -0.460 e. The number of rotatable bonds is 9. The van der Waals surface area contributed by atoms with E-state index in [2.05, 4.69) is 15.6 Å². The second kappa shape index (κ2) is 12.9. The van der Waals surface area contributed by atoms with E-state index in [9.17, 15) is 40.7 Å². The maximum Gasteiger partial charge on any atom is 0.389 e. The van der Waals surface area contributed by atoms with Crippen LogP contribution in [0.15, 0.2) is 47.5 Å². The largest absolute Gasteiger partial charge is 0.460 e. The molecule has 0 aromatic heterocycles. The molecule has 7 nitrogen and oxygen atoms in total. The molecular weight excluding hydrogens is 640 g/mol. The number of fused-ring (bicyclic) bond motifs is 1. The van der Waals surface area contributed by atoms with Crippen LogP contribution in [0.3, 0.4) is 0 Å². The molecular formula is C32H34ClF6N3O4. The highest BCUT2D eigenvalue weighted by molar-refractivity contribution is 6.31. The van der Waals surface area contributed by atoms with Crippen LogP contribution in [0, 0.1) is 17.3 Å². The van der Waals surface area contributed by atoms with Crippen molar-refractivity contribution in [3.63, 3.8) is 0 Å². The highest BCUT2D eigenvalue weighted by atomic mass is 35.5. The molecule has 0 saturated heterocycles. The molecule has 2 amide bonds. The molecule has 2 aromatic carbocycles. The standard InChI is InChI=1S/C32H34ClF6N3O4/c1-5-17-8-7-11-21-23(17)41-26(43)25(40-24(21)18-9-6-10-20(33)14-18)42-28(45)30(15-19(30)16-32(37,38)39)22(12-13-31(34,35)36)27(44)46-29(2,3)4/h6-11,14,19,22,25H,5,12-13,15-16H2,1-4H3,(H,41,43)(H,42,45)/t19?,22-,25?,30?/m1/s1. The summed E-state index contributed by atoms with van der Waals surface area (Å²) in [5.74, 6) is -6.68. The van der Waals surface area contributed by atoms with Gasteiger partial charge in [-0.3, -0.25) is 14.4 Å². The molecule has 1 heterocycles. The van der Waals surface area contributed by atoms with E-state index < -0.39 is 84.8 Å². The van der Waals surface area contributed by atoms with Gasteiger partial charge in [-0.1, -0.05) is 48.9 Å². The quantitative estimate of drug-likeness (QED) is 0.214. The Balaban J connectivity index is 1.79. The van der Waals surface area contributed by atoms with Crippen LogP contribution in [0.25, 0.3) is 0 Å². The van der Waals surface area contributed by atoms with Gasteiger partial charge in [0.2, 0.25) is 12.1 Å². The van der Waals surface area contributed by atoms with Gasteiger partial charge < -0.3 is 15.4 Å². The van der Waals surface area contributed by atoms with Crippen molar-refractivity contribution in [2.75, 3.05) is 5.32 Å². The normalized spacial score (nSPS) is 22.2. The number of carbonyl (C=O) groups excluding carboxylic acids is 3. The van der Waals surface area contributed by atoms with Gasteiger partial charge in [-0.15, -0.1) is 0 Å². The molecule has 0 bridgehead atoms. The van der Waals surface area contributed by atoms with Crippen molar-refractivity contribution in [3.8, 4) is 0 Å². The van der Waals surface area contributed by atoms with Crippen molar-refractivity contribution in [1.29, 1.82) is 0 Å². The number of aryl methyl sites for hydroxylation is 1. The lowest BCUT2D eigenvalue weighted by molar-refractivity contribution is -0.172. The van der Waals surface area contributed by atoms with Crippen LogP contribution >= 0.6 is 11.6 Å². The van der Waals surface area contributed by atoms with Gasteiger partial charge in [0.1, 0.15) is 5.60 Å². The van der Waals surface area contributed by atoms with Crippen molar-refractivity contribution in [2.45, 2.75) is 83.9 Å². The topological polar surface area (TPSA) is 96.9 Å². The fourth-order valence-electron chi connectivity index (χ4n) is 5.92. The summed E-state index contributed by atoms with van der Waals surface area (Å²) in [4.78, 5) is 45.4. The van der Waals surface area contributed by atoms with Crippen molar-refractivity contribution in [2.24, 2.45) is 22.2 Å². The highest BCUT2D eigenvalue weighted by Gasteiger charge is 2.68. The van der Waals surface area contributed by atoms with E-state index in [1.807, 2.05) is 6.92 Å². The van der Waals surface area contributed by atoms with Gasteiger partial charge in [0.05, 0.1) is 22.7 Å². The third-order valence-electron chi connectivity index (χ3n) is 7.99. The van der Waals surface area contributed by atoms with Crippen molar-refractivity contribution in [3.05, 3.63) is 64.2 Å². The second-order valence-corrected chi connectivity index (χ2v) is 13.0. The third-order valence-corrected chi connectivity index (χ3v) is 8.23.